The molecule has 128 valence electrons. The van der Waals surface area contributed by atoms with Crippen molar-refractivity contribution in [3.63, 3.8) is 0 Å². The minimum absolute atomic E-state index is 0.131. The monoisotopic (exact) mass is 349 g/mol. The summed E-state index contributed by atoms with van der Waals surface area (Å²) in [6.07, 6.45) is -0.262. The number of halogens is 1. The fraction of sp³-hybridized carbons (Fsp3) is 0.333. The summed E-state index contributed by atoms with van der Waals surface area (Å²) in [5.74, 6) is -0.504. The average Bonchev–Trinajstić information content (AvgIpc) is 2.58. The van der Waals surface area contributed by atoms with Crippen molar-refractivity contribution in [2.75, 3.05) is 19.7 Å². The molecular weight excluding hydrogens is 329 g/mol. The van der Waals surface area contributed by atoms with Gasteiger partial charge < -0.3 is 4.74 Å². The molecule has 2 aromatic carbocycles. The van der Waals surface area contributed by atoms with Gasteiger partial charge in [0.15, 0.2) is 0 Å². The number of hydrogen-bond donors (Lipinski definition) is 0. The molecule has 1 aliphatic heterocycles. The zero-order valence-corrected chi connectivity index (χ0v) is 14.3. The normalized spacial score (nSPS) is 19.3. The number of morpholine rings is 1. The summed E-state index contributed by atoms with van der Waals surface area (Å²) in [4.78, 5) is 0. The molecule has 0 N–H and O–H groups in total. The molecule has 0 aromatic heterocycles. The maximum absolute atomic E-state index is 13.0. The molecule has 1 unspecified atom stereocenters. The summed E-state index contributed by atoms with van der Waals surface area (Å²) < 4.78 is 45.5. The smallest absolute Gasteiger partial charge is 0.218 e. The highest BCUT2D eigenvalue weighted by molar-refractivity contribution is 7.88. The van der Waals surface area contributed by atoms with Gasteiger partial charge in [0.2, 0.25) is 10.0 Å². The molecule has 0 aliphatic carbocycles. The fourth-order valence-corrected chi connectivity index (χ4v) is 4.26. The van der Waals surface area contributed by atoms with E-state index < -0.39 is 10.0 Å². The number of sulfonamides is 1. The first-order chi connectivity index (χ1) is 11.4. The Balaban J connectivity index is 1.73. The van der Waals surface area contributed by atoms with Gasteiger partial charge in [-0.05, 0) is 30.2 Å². The van der Waals surface area contributed by atoms with Crippen LogP contribution < -0.4 is 0 Å². The van der Waals surface area contributed by atoms with Crippen LogP contribution in [0.2, 0.25) is 0 Å². The fourth-order valence-electron chi connectivity index (χ4n) is 2.74. The van der Waals surface area contributed by atoms with Crippen molar-refractivity contribution in [2.24, 2.45) is 0 Å². The van der Waals surface area contributed by atoms with Crippen molar-refractivity contribution in [1.29, 1.82) is 0 Å². The summed E-state index contributed by atoms with van der Waals surface area (Å²) in [7, 11) is -3.47. The summed E-state index contributed by atoms with van der Waals surface area (Å²) in [6, 6.07) is 13.5. The van der Waals surface area contributed by atoms with Gasteiger partial charge in [-0.3, -0.25) is 0 Å². The van der Waals surface area contributed by atoms with E-state index in [0.29, 0.717) is 25.3 Å². The van der Waals surface area contributed by atoms with Gasteiger partial charge >= 0.3 is 0 Å². The lowest BCUT2D eigenvalue weighted by Crippen LogP contribution is -2.42. The summed E-state index contributed by atoms with van der Waals surface area (Å²) in [5, 5.41) is 0. The molecule has 0 amide bonds. The van der Waals surface area contributed by atoms with Crippen LogP contribution in [0.5, 0.6) is 0 Å². The van der Waals surface area contributed by atoms with Crippen molar-refractivity contribution in [3.05, 3.63) is 71.0 Å². The molecule has 0 spiro atoms. The van der Waals surface area contributed by atoms with Crippen molar-refractivity contribution in [2.45, 2.75) is 18.8 Å². The highest BCUT2D eigenvalue weighted by Crippen LogP contribution is 2.25. The Kier molecular flexibility index (Phi) is 4.99. The molecule has 2 aromatic rings. The molecule has 1 fully saturated rings. The summed E-state index contributed by atoms with van der Waals surface area (Å²) >= 11 is 0. The number of ether oxygens (including phenoxy) is 1. The molecular formula is C18H20FNO3S. The molecule has 1 heterocycles. The van der Waals surface area contributed by atoms with Crippen LogP contribution in [0.3, 0.4) is 0 Å². The third-order valence-electron chi connectivity index (χ3n) is 4.13. The minimum atomic E-state index is -3.47. The van der Waals surface area contributed by atoms with Gasteiger partial charge in [0.1, 0.15) is 5.82 Å². The Morgan fingerprint density at radius 3 is 2.46 bits per heavy atom. The molecule has 24 heavy (non-hydrogen) atoms. The van der Waals surface area contributed by atoms with Crippen LogP contribution in [0.15, 0.2) is 48.5 Å². The Hall–Kier alpha value is -1.76. The zero-order chi connectivity index (χ0) is 17.2. The van der Waals surface area contributed by atoms with E-state index in [4.69, 9.17) is 4.74 Å². The van der Waals surface area contributed by atoms with E-state index in [-0.39, 0.29) is 17.7 Å². The molecule has 0 radical (unpaired) electrons. The second-order valence-corrected chi connectivity index (χ2v) is 7.98. The summed E-state index contributed by atoms with van der Waals surface area (Å²) in [5.41, 5.74) is 2.70. The van der Waals surface area contributed by atoms with Crippen molar-refractivity contribution in [3.8, 4) is 0 Å². The molecule has 0 bridgehead atoms. The van der Waals surface area contributed by atoms with E-state index in [2.05, 4.69) is 0 Å². The zero-order valence-electron chi connectivity index (χ0n) is 13.5. The third-order valence-corrected chi connectivity index (χ3v) is 5.95. The van der Waals surface area contributed by atoms with Crippen molar-refractivity contribution >= 4 is 10.0 Å². The summed E-state index contributed by atoms with van der Waals surface area (Å²) in [6.45, 7) is 3.00. The van der Waals surface area contributed by atoms with Crippen LogP contribution in [0.4, 0.5) is 4.39 Å². The number of aryl methyl sites for hydroxylation is 1. The number of rotatable bonds is 4. The van der Waals surface area contributed by atoms with E-state index in [9.17, 15) is 12.8 Å². The van der Waals surface area contributed by atoms with Gasteiger partial charge in [-0.15, -0.1) is 0 Å². The molecule has 6 heteroatoms. The number of nitrogens with zero attached hydrogens (tertiary/aromatic N) is 1. The largest absolute Gasteiger partial charge is 0.371 e. The lowest BCUT2D eigenvalue weighted by Gasteiger charge is -2.32. The standard InChI is InChI=1S/C18H20FNO3S/c1-14-2-6-16(7-3-14)18-12-20(10-11-23-18)24(21,22)13-15-4-8-17(19)9-5-15/h2-9,18H,10-13H2,1H3. The molecule has 1 aliphatic rings. The Bertz CT molecular complexity index is 788. The quantitative estimate of drug-likeness (QED) is 0.852. The Morgan fingerprint density at radius 2 is 1.79 bits per heavy atom. The van der Waals surface area contributed by atoms with E-state index in [0.717, 1.165) is 11.1 Å². The highest BCUT2D eigenvalue weighted by atomic mass is 32.2. The van der Waals surface area contributed by atoms with Gasteiger partial charge in [0.25, 0.3) is 0 Å². The van der Waals surface area contributed by atoms with Gasteiger partial charge in [0, 0.05) is 13.1 Å². The lowest BCUT2D eigenvalue weighted by atomic mass is 10.1. The van der Waals surface area contributed by atoms with Crippen LogP contribution in [0.25, 0.3) is 0 Å². The maximum atomic E-state index is 13.0. The molecule has 4 nitrogen and oxygen atoms in total. The van der Waals surface area contributed by atoms with E-state index in [1.165, 1.54) is 28.6 Å². The Labute approximate surface area is 141 Å². The van der Waals surface area contributed by atoms with Crippen molar-refractivity contribution < 1.29 is 17.5 Å². The first-order valence-electron chi connectivity index (χ1n) is 7.84. The molecule has 1 atom stereocenters. The molecule has 1 saturated heterocycles. The SMILES string of the molecule is Cc1ccc(C2CN(S(=O)(=O)Cc3ccc(F)cc3)CCO2)cc1. The minimum Gasteiger partial charge on any atom is -0.371 e. The highest BCUT2D eigenvalue weighted by Gasteiger charge is 2.30. The van der Waals surface area contributed by atoms with Gasteiger partial charge in [-0.2, -0.15) is 4.31 Å². The second kappa shape index (κ2) is 7.01. The molecule has 3 rings (SSSR count). The Morgan fingerprint density at radius 1 is 1.12 bits per heavy atom. The topological polar surface area (TPSA) is 46.6 Å². The predicted molar refractivity (Wildman–Crippen MR) is 90.5 cm³/mol. The molecule has 0 saturated carbocycles. The van der Waals surface area contributed by atoms with Crippen molar-refractivity contribution in [1.82, 2.24) is 4.31 Å². The maximum Gasteiger partial charge on any atom is 0.218 e. The van der Waals surface area contributed by atoms with Gasteiger partial charge in [-0.1, -0.05) is 42.0 Å². The van der Waals surface area contributed by atoms with Crippen LogP contribution >= 0.6 is 0 Å². The van der Waals surface area contributed by atoms with Crippen LogP contribution in [-0.4, -0.2) is 32.4 Å². The first-order valence-corrected chi connectivity index (χ1v) is 9.45. The van der Waals surface area contributed by atoms with Crippen LogP contribution in [0.1, 0.15) is 22.8 Å². The van der Waals surface area contributed by atoms with E-state index >= 15 is 0 Å². The van der Waals surface area contributed by atoms with Crippen LogP contribution in [0, 0.1) is 12.7 Å². The van der Waals surface area contributed by atoms with E-state index in [1.807, 2.05) is 31.2 Å². The number of hydrogen-bond acceptors (Lipinski definition) is 3. The average molecular weight is 349 g/mol. The van der Waals surface area contributed by atoms with Crippen LogP contribution in [-0.2, 0) is 20.5 Å². The first kappa shape index (κ1) is 17.1. The van der Waals surface area contributed by atoms with Gasteiger partial charge in [-0.25, -0.2) is 12.8 Å². The van der Waals surface area contributed by atoms with E-state index in [1.54, 1.807) is 0 Å². The lowest BCUT2D eigenvalue weighted by molar-refractivity contribution is -0.00260. The third kappa shape index (κ3) is 4.01. The number of benzene rings is 2. The second-order valence-electron chi connectivity index (χ2n) is 6.01. The predicted octanol–water partition coefficient (Wildman–Crippen LogP) is 3.04. The van der Waals surface area contributed by atoms with Gasteiger partial charge in [0.05, 0.1) is 18.5 Å².